The minimum atomic E-state index is -0.259. The summed E-state index contributed by atoms with van der Waals surface area (Å²) in [5.41, 5.74) is 1.91. The van der Waals surface area contributed by atoms with Crippen molar-refractivity contribution in [3.63, 3.8) is 0 Å². The van der Waals surface area contributed by atoms with Gasteiger partial charge in [-0.15, -0.1) is 0 Å². The van der Waals surface area contributed by atoms with Crippen molar-refractivity contribution in [3.8, 4) is 17.2 Å². The predicted molar refractivity (Wildman–Crippen MR) is 132 cm³/mol. The summed E-state index contributed by atoms with van der Waals surface area (Å²) in [5.74, 6) is 4.43. The summed E-state index contributed by atoms with van der Waals surface area (Å²) in [5, 5.41) is 10.3. The van der Waals surface area contributed by atoms with Gasteiger partial charge < -0.3 is 19.3 Å². The van der Waals surface area contributed by atoms with Crippen LogP contribution in [-0.4, -0.2) is 38.3 Å². The Morgan fingerprint density at radius 1 is 0.941 bits per heavy atom. The molecule has 4 aliphatic rings. The number of allylic oxidation sites excluding steroid dienone is 1. The number of methoxy groups -OCH3 is 3. The molecule has 0 aliphatic heterocycles. The summed E-state index contributed by atoms with van der Waals surface area (Å²) < 4.78 is 16.5. The summed E-state index contributed by atoms with van der Waals surface area (Å²) in [7, 11) is 4.83. The third-order valence-corrected chi connectivity index (χ3v) is 10.3. The number of rotatable bonds is 4. The van der Waals surface area contributed by atoms with E-state index in [1.54, 1.807) is 21.3 Å². The second-order valence-electron chi connectivity index (χ2n) is 11.7. The number of hydrogen-bond donors (Lipinski definition) is 1. The number of aliphatic hydroxyl groups is 1. The number of carbonyl (C=O) groups excluding carboxylic acids is 1. The van der Waals surface area contributed by atoms with Crippen LogP contribution < -0.4 is 14.2 Å². The Morgan fingerprint density at radius 3 is 2.29 bits per heavy atom. The van der Waals surface area contributed by atoms with Crippen molar-refractivity contribution in [2.45, 2.75) is 71.3 Å². The Bertz CT molecular complexity index is 973. The van der Waals surface area contributed by atoms with Crippen LogP contribution in [0.25, 0.3) is 6.08 Å². The van der Waals surface area contributed by atoms with Gasteiger partial charge in [-0.2, -0.15) is 0 Å². The zero-order valence-corrected chi connectivity index (χ0v) is 21.4. The lowest BCUT2D eigenvalue weighted by Crippen LogP contribution is -2.54. The van der Waals surface area contributed by atoms with Gasteiger partial charge in [0, 0.05) is 5.41 Å². The second-order valence-corrected chi connectivity index (χ2v) is 11.7. The molecule has 0 amide bonds. The molecule has 0 saturated heterocycles. The number of hydrogen-bond acceptors (Lipinski definition) is 5. The third-order valence-electron chi connectivity index (χ3n) is 10.3. The van der Waals surface area contributed by atoms with Crippen LogP contribution in [0.15, 0.2) is 17.7 Å². The van der Waals surface area contributed by atoms with Gasteiger partial charge in [-0.3, -0.25) is 4.79 Å². The number of carbonyl (C=O) groups is 1. The molecular weight excluding hydrogens is 428 g/mol. The first-order valence-corrected chi connectivity index (χ1v) is 13.0. The van der Waals surface area contributed by atoms with Gasteiger partial charge in [-0.25, -0.2) is 0 Å². The molecule has 7 atom stereocenters. The smallest absolute Gasteiger partial charge is 0.203 e. The van der Waals surface area contributed by atoms with Crippen molar-refractivity contribution in [3.05, 3.63) is 23.3 Å². The Hall–Kier alpha value is -2.01. The maximum Gasteiger partial charge on any atom is 0.203 e. The molecule has 34 heavy (non-hydrogen) atoms. The lowest BCUT2D eigenvalue weighted by molar-refractivity contribution is -0.141. The van der Waals surface area contributed by atoms with Crippen molar-refractivity contribution >= 4 is 11.9 Å². The first-order valence-electron chi connectivity index (χ1n) is 13.0. The fourth-order valence-corrected chi connectivity index (χ4v) is 8.42. The van der Waals surface area contributed by atoms with Crippen LogP contribution >= 0.6 is 0 Å². The zero-order valence-electron chi connectivity index (χ0n) is 21.4. The van der Waals surface area contributed by atoms with Gasteiger partial charge in [0.1, 0.15) is 0 Å². The van der Waals surface area contributed by atoms with Gasteiger partial charge in [0.05, 0.1) is 27.4 Å². The molecule has 1 N–H and O–H groups in total. The fraction of sp³-hybridized carbons (Fsp3) is 0.690. The van der Waals surface area contributed by atoms with Gasteiger partial charge in [0.15, 0.2) is 17.3 Å². The van der Waals surface area contributed by atoms with E-state index in [-0.39, 0.29) is 11.5 Å². The maximum absolute atomic E-state index is 13.8. The summed E-state index contributed by atoms with van der Waals surface area (Å²) in [6.07, 6.45) is 10.3. The van der Waals surface area contributed by atoms with Crippen molar-refractivity contribution in [2.75, 3.05) is 21.3 Å². The van der Waals surface area contributed by atoms with E-state index >= 15 is 0 Å². The van der Waals surface area contributed by atoms with E-state index in [1.807, 2.05) is 12.1 Å². The molecule has 5 nitrogen and oxygen atoms in total. The highest BCUT2D eigenvalue weighted by atomic mass is 16.5. The van der Waals surface area contributed by atoms with Gasteiger partial charge >= 0.3 is 0 Å². The van der Waals surface area contributed by atoms with Gasteiger partial charge in [0.25, 0.3) is 0 Å². The molecule has 0 spiro atoms. The molecule has 0 aromatic heterocycles. The summed E-state index contributed by atoms with van der Waals surface area (Å²) in [6.45, 7) is 4.72. The molecule has 1 aromatic rings. The maximum atomic E-state index is 13.8. The highest BCUT2D eigenvalue weighted by Crippen LogP contribution is 2.66. The monoisotopic (exact) mass is 468 g/mol. The molecule has 4 saturated carbocycles. The predicted octanol–water partition coefficient (Wildman–Crippen LogP) is 5.68. The Morgan fingerprint density at radius 2 is 1.65 bits per heavy atom. The van der Waals surface area contributed by atoms with Gasteiger partial charge in [0.2, 0.25) is 5.75 Å². The largest absolute Gasteiger partial charge is 0.493 e. The Kier molecular flexibility index (Phi) is 5.99. The van der Waals surface area contributed by atoms with E-state index in [0.717, 1.165) is 49.7 Å². The summed E-state index contributed by atoms with van der Waals surface area (Å²) >= 11 is 0. The van der Waals surface area contributed by atoms with Crippen molar-refractivity contribution in [1.82, 2.24) is 0 Å². The minimum Gasteiger partial charge on any atom is -0.493 e. The van der Waals surface area contributed by atoms with Crippen LogP contribution in [0.3, 0.4) is 0 Å². The van der Waals surface area contributed by atoms with Gasteiger partial charge in [-0.1, -0.05) is 13.8 Å². The first-order chi connectivity index (χ1) is 16.2. The molecule has 0 bridgehead atoms. The molecule has 0 radical (unpaired) electrons. The van der Waals surface area contributed by atoms with Crippen molar-refractivity contribution in [1.29, 1.82) is 0 Å². The fourth-order valence-electron chi connectivity index (χ4n) is 8.42. The SMILES string of the molecule is COc1cc(/C=C2\CC3C4CC[C@H]5C[C@@H](O)CC[C@]5(C)C4CC[C@]3(C)C2=O)cc(OC)c1OC. The molecule has 5 rings (SSSR count). The van der Waals surface area contributed by atoms with Crippen LogP contribution in [-0.2, 0) is 4.79 Å². The summed E-state index contributed by atoms with van der Waals surface area (Å²) in [4.78, 5) is 13.8. The Labute approximate surface area is 203 Å². The molecular formula is C29H40O5. The molecule has 5 heteroatoms. The number of ether oxygens (including phenoxy) is 3. The molecule has 186 valence electrons. The average Bonchev–Trinajstić information content (AvgIpc) is 3.08. The number of aliphatic hydroxyl groups excluding tert-OH is 1. The van der Waals surface area contributed by atoms with Crippen LogP contribution in [0.1, 0.15) is 70.8 Å². The highest BCUT2D eigenvalue weighted by Gasteiger charge is 2.61. The Balaban J connectivity index is 1.46. The minimum absolute atomic E-state index is 0.121. The van der Waals surface area contributed by atoms with Crippen LogP contribution in [0.4, 0.5) is 0 Å². The van der Waals surface area contributed by atoms with Crippen LogP contribution in [0, 0.1) is 34.5 Å². The molecule has 1 aromatic carbocycles. The lowest BCUT2D eigenvalue weighted by atomic mass is 9.45. The standard InChI is InChI=1S/C29H40O5/c1-28-10-8-20(30)16-19(28)6-7-21-22(28)9-11-29(2)23(21)15-18(27(29)31)12-17-13-24(32-3)26(34-5)25(14-17)33-4/h12-14,19-23,30H,6-11,15-16H2,1-5H3/b18-12+/t19-,20-,21?,22?,23?,28-,29-/m0/s1. The zero-order chi connectivity index (χ0) is 24.3. The summed E-state index contributed by atoms with van der Waals surface area (Å²) in [6, 6.07) is 3.85. The van der Waals surface area contributed by atoms with E-state index in [9.17, 15) is 9.90 Å². The molecule has 4 aliphatic carbocycles. The quantitative estimate of drug-likeness (QED) is 0.576. The lowest BCUT2D eigenvalue weighted by Gasteiger charge is -2.59. The number of ketones is 1. The van der Waals surface area contributed by atoms with Crippen molar-refractivity contribution in [2.24, 2.45) is 34.5 Å². The number of Topliss-reactive ketones (excluding diaryl/α,β-unsaturated/α-hetero) is 1. The van der Waals surface area contributed by atoms with E-state index in [2.05, 4.69) is 19.9 Å². The van der Waals surface area contributed by atoms with Crippen LogP contribution in [0.2, 0.25) is 0 Å². The highest BCUT2D eigenvalue weighted by molar-refractivity contribution is 6.06. The topological polar surface area (TPSA) is 65.0 Å². The average molecular weight is 469 g/mol. The molecule has 4 fully saturated rings. The first kappa shape index (κ1) is 23.7. The third kappa shape index (κ3) is 3.49. The van der Waals surface area contributed by atoms with E-state index in [4.69, 9.17) is 14.2 Å². The van der Waals surface area contributed by atoms with Crippen molar-refractivity contribution < 1.29 is 24.1 Å². The molecule has 0 heterocycles. The second kappa shape index (κ2) is 8.58. The van der Waals surface area contributed by atoms with Gasteiger partial charge in [-0.05, 0) is 110 Å². The normalized spacial score (nSPS) is 40.4. The number of fused-ring (bicyclic) bond motifs is 5. The number of benzene rings is 1. The van der Waals surface area contributed by atoms with E-state index < -0.39 is 0 Å². The van der Waals surface area contributed by atoms with E-state index in [1.165, 1.54) is 12.8 Å². The van der Waals surface area contributed by atoms with Crippen LogP contribution in [0.5, 0.6) is 17.2 Å². The molecule has 3 unspecified atom stereocenters. The van der Waals surface area contributed by atoms with E-state index in [0.29, 0.717) is 52.1 Å².